The van der Waals surface area contributed by atoms with Crippen LogP contribution in [-0.2, 0) is 28.6 Å². The van der Waals surface area contributed by atoms with E-state index in [1.54, 1.807) is 0 Å². The van der Waals surface area contributed by atoms with E-state index in [9.17, 15) is 14.4 Å². The van der Waals surface area contributed by atoms with Gasteiger partial charge in [-0.2, -0.15) is 0 Å². The molecule has 0 bridgehead atoms. The van der Waals surface area contributed by atoms with Gasteiger partial charge in [0, 0.05) is 19.3 Å². The molecule has 0 aliphatic carbocycles. The zero-order valence-corrected chi connectivity index (χ0v) is 46.3. The summed E-state index contributed by atoms with van der Waals surface area (Å²) >= 11 is 0. The van der Waals surface area contributed by atoms with Crippen LogP contribution in [-0.4, -0.2) is 37.2 Å². The molecule has 6 nitrogen and oxygen atoms in total. The zero-order chi connectivity index (χ0) is 50.7. The van der Waals surface area contributed by atoms with E-state index in [0.717, 1.165) is 89.9 Å². The lowest BCUT2D eigenvalue weighted by Gasteiger charge is -2.18. The summed E-state index contributed by atoms with van der Waals surface area (Å²) < 4.78 is 16.7. The Morgan fingerprint density at radius 3 is 0.871 bits per heavy atom. The lowest BCUT2D eigenvalue weighted by atomic mass is 10.0. The number of carbonyl (C=O) groups excluding carboxylic acids is 3. The molecule has 6 heteroatoms. The van der Waals surface area contributed by atoms with Crippen molar-refractivity contribution >= 4 is 17.9 Å². The van der Waals surface area contributed by atoms with Gasteiger partial charge in [0.2, 0.25) is 0 Å². The number of unbranched alkanes of at least 4 members (excludes halogenated alkanes) is 31. The van der Waals surface area contributed by atoms with Gasteiger partial charge in [0.1, 0.15) is 13.2 Å². The third-order valence-electron chi connectivity index (χ3n) is 13.0. The first-order chi connectivity index (χ1) is 34.5. The van der Waals surface area contributed by atoms with E-state index in [-0.39, 0.29) is 37.5 Å². The first-order valence-corrected chi connectivity index (χ1v) is 29.9. The number of ether oxygens (including phenoxy) is 3. The topological polar surface area (TPSA) is 78.9 Å². The number of esters is 3. The predicted octanol–water partition coefficient (Wildman–Crippen LogP) is 20.2. The minimum atomic E-state index is -0.794. The van der Waals surface area contributed by atoms with Crippen molar-refractivity contribution in [2.24, 2.45) is 0 Å². The highest BCUT2D eigenvalue weighted by Gasteiger charge is 2.19. The highest BCUT2D eigenvalue weighted by molar-refractivity contribution is 5.71. The Labute approximate surface area is 433 Å². The molecule has 0 radical (unpaired) electrons. The number of carbonyl (C=O) groups is 3. The fraction of sp³-hybridized carbons (Fsp3) is 0.766. The van der Waals surface area contributed by atoms with Gasteiger partial charge < -0.3 is 14.2 Å². The number of allylic oxidation sites excluding steroid dienone is 12. The van der Waals surface area contributed by atoms with Crippen LogP contribution in [0.3, 0.4) is 0 Å². The van der Waals surface area contributed by atoms with Gasteiger partial charge >= 0.3 is 17.9 Å². The van der Waals surface area contributed by atoms with Crippen LogP contribution in [0.1, 0.15) is 297 Å². The summed E-state index contributed by atoms with van der Waals surface area (Å²) in [5, 5.41) is 0. The van der Waals surface area contributed by atoms with E-state index in [1.807, 2.05) is 0 Å². The van der Waals surface area contributed by atoms with Gasteiger partial charge in [-0.1, -0.05) is 280 Å². The standard InChI is InChI=1S/C64H112O6/c1-4-7-10-13-16-18-20-22-24-26-28-30-31-32-33-35-36-38-40-42-44-46-48-51-54-57-63(66)69-60-61(59-68-62(65)56-53-50-15-12-9-6-3)70-64(67)58-55-52-49-47-45-43-41-39-37-34-29-27-25-23-21-19-17-14-11-8-5-2/h8,11,17,19,23,25,29,34,39,41,45,47,61H,4-7,9-10,12-16,18,20-22,24,26-28,30-33,35-38,40,42-44,46,48-60H2,1-3H3/b11-8-,19-17-,25-23-,34-29-,41-39-,47-45-. The average Bonchev–Trinajstić information content (AvgIpc) is 3.36. The zero-order valence-electron chi connectivity index (χ0n) is 46.3. The Morgan fingerprint density at radius 1 is 0.300 bits per heavy atom. The van der Waals surface area contributed by atoms with Crippen LogP contribution in [0.15, 0.2) is 72.9 Å². The smallest absolute Gasteiger partial charge is 0.306 e. The molecule has 0 spiro atoms. The molecule has 0 fully saturated rings. The SMILES string of the molecule is CC/C=C\C/C=C\C/C=C\C/C=C\C/C=C\C/C=C\CCCCC(=O)OC(COC(=O)CCCCCCCC)COC(=O)CCCCCCCCCCCCCCCCCCCCCCCCCCC. The van der Waals surface area contributed by atoms with Crippen molar-refractivity contribution in [1.82, 2.24) is 0 Å². The van der Waals surface area contributed by atoms with Gasteiger partial charge in [-0.05, 0) is 70.6 Å². The molecule has 404 valence electrons. The summed E-state index contributed by atoms with van der Waals surface area (Å²) in [6.07, 6.45) is 75.2. The average molecular weight is 978 g/mol. The van der Waals surface area contributed by atoms with Crippen LogP contribution in [0.4, 0.5) is 0 Å². The van der Waals surface area contributed by atoms with E-state index < -0.39 is 6.10 Å². The van der Waals surface area contributed by atoms with E-state index in [1.165, 1.54) is 161 Å². The van der Waals surface area contributed by atoms with Crippen LogP contribution in [0.5, 0.6) is 0 Å². The second-order valence-corrected chi connectivity index (χ2v) is 19.9. The Balaban J connectivity index is 4.15. The third kappa shape index (κ3) is 55.8. The fourth-order valence-corrected chi connectivity index (χ4v) is 8.51. The van der Waals surface area contributed by atoms with Gasteiger partial charge in [0.25, 0.3) is 0 Å². The maximum absolute atomic E-state index is 12.8. The van der Waals surface area contributed by atoms with Crippen LogP contribution in [0.2, 0.25) is 0 Å². The maximum atomic E-state index is 12.8. The lowest BCUT2D eigenvalue weighted by molar-refractivity contribution is -0.167. The van der Waals surface area contributed by atoms with Gasteiger partial charge in [0.15, 0.2) is 6.10 Å². The number of hydrogen-bond donors (Lipinski definition) is 0. The van der Waals surface area contributed by atoms with E-state index in [4.69, 9.17) is 14.2 Å². The molecule has 0 saturated heterocycles. The van der Waals surface area contributed by atoms with Crippen LogP contribution in [0, 0.1) is 0 Å². The lowest BCUT2D eigenvalue weighted by Crippen LogP contribution is -2.30. The van der Waals surface area contributed by atoms with Crippen LogP contribution >= 0.6 is 0 Å². The van der Waals surface area contributed by atoms with Gasteiger partial charge in [-0.3, -0.25) is 14.4 Å². The van der Waals surface area contributed by atoms with Gasteiger partial charge in [-0.25, -0.2) is 0 Å². The molecule has 1 atom stereocenters. The van der Waals surface area contributed by atoms with Gasteiger partial charge in [0.05, 0.1) is 0 Å². The maximum Gasteiger partial charge on any atom is 0.306 e. The first-order valence-electron chi connectivity index (χ1n) is 29.9. The molecule has 0 N–H and O–H groups in total. The summed E-state index contributed by atoms with van der Waals surface area (Å²) in [5.41, 5.74) is 0. The van der Waals surface area contributed by atoms with E-state index >= 15 is 0 Å². The third-order valence-corrected chi connectivity index (χ3v) is 13.0. The van der Waals surface area contributed by atoms with Gasteiger partial charge in [-0.15, -0.1) is 0 Å². The summed E-state index contributed by atoms with van der Waals surface area (Å²) in [4.78, 5) is 37.9. The van der Waals surface area contributed by atoms with Crippen molar-refractivity contribution in [3.05, 3.63) is 72.9 Å². The quantitative estimate of drug-likeness (QED) is 0.0261. The molecule has 0 rings (SSSR count). The monoisotopic (exact) mass is 977 g/mol. The molecule has 0 aliphatic rings. The highest BCUT2D eigenvalue weighted by Crippen LogP contribution is 2.17. The predicted molar refractivity (Wildman–Crippen MR) is 302 cm³/mol. The van der Waals surface area contributed by atoms with Crippen LogP contribution in [0.25, 0.3) is 0 Å². The molecule has 0 heterocycles. The summed E-state index contributed by atoms with van der Waals surface area (Å²) in [5.74, 6) is -0.935. The molecule has 0 aliphatic heterocycles. The van der Waals surface area contributed by atoms with E-state index in [0.29, 0.717) is 19.3 Å². The minimum Gasteiger partial charge on any atom is -0.462 e. The summed E-state index contributed by atoms with van der Waals surface area (Å²) in [6.45, 7) is 6.46. The van der Waals surface area contributed by atoms with Crippen molar-refractivity contribution in [1.29, 1.82) is 0 Å². The molecule has 0 aromatic carbocycles. The van der Waals surface area contributed by atoms with Crippen molar-refractivity contribution in [3.8, 4) is 0 Å². The Bertz CT molecular complexity index is 1310. The summed E-state index contributed by atoms with van der Waals surface area (Å²) in [6, 6.07) is 0. The molecule has 0 aromatic rings. The fourth-order valence-electron chi connectivity index (χ4n) is 8.51. The molecular weight excluding hydrogens is 865 g/mol. The second-order valence-electron chi connectivity index (χ2n) is 19.9. The Morgan fingerprint density at radius 2 is 0.557 bits per heavy atom. The van der Waals surface area contributed by atoms with E-state index in [2.05, 4.69) is 93.7 Å². The molecule has 0 aromatic heterocycles. The van der Waals surface area contributed by atoms with Crippen LogP contribution < -0.4 is 0 Å². The number of rotatable bonds is 54. The van der Waals surface area contributed by atoms with Crippen molar-refractivity contribution in [3.63, 3.8) is 0 Å². The summed E-state index contributed by atoms with van der Waals surface area (Å²) in [7, 11) is 0. The first kappa shape index (κ1) is 66.9. The molecular formula is C64H112O6. The van der Waals surface area contributed by atoms with Crippen molar-refractivity contribution in [2.45, 2.75) is 303 Å². The molecule has 70 heavy (non-hydrogen) atoms. The Kier molecular flexibility index (Phi) is 55.8. The second kappa shape index (κ2) is 58.4. The highest BCUT2D eigenvalue weighted by atomic mass is 16.6. The molecule has 1 unspecified atom stereocenters. The van der Waals surface area contributed by atoms with Crippen molar-refractivity contribution in [2.75, 3.05) is 13.2 Å². The Hall–Kier alpha value is -3.15. The minimum absolute atomic E-state index is 0.0904. The van der Waals surface area contributed by atoms with Crippen molar-refractivity contribution < 1.29 is 28.6 Å². The number of hydrogen-bond acceptors (Lipinski definition) is 6. The molecule has 0 saturated carbocycles. The largest absolute Gasteiger partial charge is 0.462 e. The normalized spacial score (nSPS) is 12.6. The molecule has 0 amide bonds.